The van der Waals surface area contributed by atoms with E-state index in [2.05, 4.69) is 42.4 Å². The molecule has 2 heterocycles. The van der Waals surface area contributed by atoms with Gasteiger partial charge in [-0.2, -0.15) is 5.10 Å². The Bertz CT molecular complexity index is 371. The second-order valence-corrected chi connectivity index (χ2v) is 5.14. The molecule has 1 aliphatic rings. The van der Waals surface area contributed by atoms with Crippen molar-refractivity contribution in [1.29, 1.82) is 0 Å². The van der Waals surface area contributed by atoms with Crippen LogP contribution < -0.4 is 5.32 Å². The first-order valence-corrected chi connectivity index (χ1v) is 6.53. The molecule has 2 rings (SSSR count). The van der Waals surface area contributed by atoms with Gasteiger partial charge in [-0.3, -0.25) is 9.58 Å². The van der Waals surface area contributed by atoms with Crippen molar-refractivity contribution in [2.24, 2.45) is 7.05 Å². The Kier molecular flexibility index (Phi) is 3.84. The molecular weight excluding hydrogens is 212 g/mol. The maximum atomic E-state index is 4.44. The first-order chi connectivity index (χ1) is 8.11. The van der Waals surface area contributed by atoms with Crippen LogP contribution in [0, 0.1) is 6.92 Å². The summed E-state index contributed by atoms with van der Waals surface area (Å²) in [5, 5.41) is 7.84. The number of nitrogens with zero attached hydrogens (tertiary/aromatic N) is 3. The molecule has 1 fully saturated rings. The van der Waals surface area contributed by atoms with Gasteiger partial charge < -0.3 is 5.32 Å². The second-order valence-electron chi connectivity index (χ2n) is 5.14. The third-order valence-corrected chi connectivity index (χ3v) is 3.91. The molecule has 2 atom stereocenters. The van der Waals surface area contributed by atoms with E-state index in [0.29, 0.717) is 12.1 Å². The van der Waals surface area contributed by atoms with Gasteiger partial charge in [0, 0.05) is 37.4 Å². The van der Waals surface area contributed by atoms with Gasteiger partial charge >= 0.3 is 0 Å². The van der Waals surface area contributed by atoms with Gasteiger partial charge in [-0.1, -0.05) is 0 Å². The maximum absolute atomic E-state index is 4.44. The molecule has 4 heteroatoms. The molecule has 0 saturated carbocycles. The minimum absolute atomic E-state index is 0.472. The molecule has 0 aliphatic carbocycles. The van der Waals surface area contributed by atoms with Crippen molar-refractivity contribution in [2.75, 3.05) is 20.1 Å². The Balaban J connectivity index is 2.08. The lowest BCUT2D eigenvalue weighted by molar-refractivity contribution is 0.149. The van der Waals surface area contributed by atoms with Crippen LogP contribution in [0.1, 0.15) is 37.1 Å². The number of aromatic nitrogens is 2. The molecular formula is C13H24N4. The van der Waals surface area contributed by atoms with Gasteiger partial charge in [-0.25, -0.2) is 0 Å². The molecule has 1 aromatic rings. The van der Waals surface area contributed by atoms with Gasteiger partial charge in [-0.05, 0) is 40.3 Å². The van der Waals surface area contributed by atoms with Crippen LogP contribution in [-0.4, -0.2) is 40.9 Å². The quantitative estimate of drug-likeness (QED) is 0.863. The van der Waals surface area contributed by atoms with Crippen LogP contribution in [0.4, 0.5) is 0 Å². The smallest absolute Gasteiger partial charge is 0.0641 e. The summed E-state index contributed by atoms with van der Waals surface area (Å²) in [5.74, 6) is 0. The maximum Gasteiger partial charge on any atom is 0.0641 e. The molecule has 0 aromatic carbocycles. The number of nitrogens with one attached hydrogen (secondary N) is 1. The van der Waals surface area contributed by atoms with Crippen molar-refractivity contribution >= 4 is 0 Å². The van der Waals surface area contributed by atoms with Crippen LogP contribution in [0.2, 0.25) is 0 Å². The lowest BCUT2D eigenvalue weighted by Gasteiger charge is -2.36. The van der Waals surface area contributed by atoms with Gasteiger partial charge in [0.05, 0.1) is 5.69 Å². The fraction of sp³-hybridized carbons (Fsp3) is 0.769. The molecule has 0 radical (unpaired) electrons. The van der Waals surface area contributed by atoms with Crippen LogP contribution in [-0.2, 0) is 7.05 Å². The monoisotopic (exact) mass is 236 g/mol. The van der Waals surface area contributed by atoms with E-state index in [4.69, 9.17) is 0 Å². The van der Waals surface area contributed by atoms with E-state index in [9.17, 15) is 0 Å². The first-order valence-electron chi connectivity index (χ1n) is 6.53. The van der Waals surface area contributed by atoms with Crippen LogP contribution in [0.25, 0.3) is 0 Å². The molecule has 96 valence electrons. The summed E-state index contributed by atoms with van der Waals surface area (Å²) >= 11 is 0. The Morgan fingerprint density at radius 1 is 1.53 bits per heavy atom. The zero-order chi connectivity index (χ0) is 12.4. The predicted octanol–water partition coefficient (Wildman–Crippen LogP) is 1.47. The zero-order valence-electron chi connectivity index (χ0n) is 11.4. The highest BCUT2D eigenvalue weighted by Gasteiger charge is 2.25. The van der Waals surface area contributed by atoms with Crippen LogP contribution in [0.3, 0.4) is 0 Å². The van der Waals surface area contributed by atoms with E-state index < -0.39 is 0 Å². The first kappa shape index (κ1) is 12.6. The van der Waals surface area contributed by atoms with Gasteiger partial charge in [0.1, 0.15) is 0 Å². The normalized spacial score (nSPS) is 23.9. The minimum Gasteiger partial charge on any atom is -0.316 e. The number of piperidine rings is 1. The third-order valence-electron chi connectivity index (χ3n) is 3.91. The highest BCUT2D eigenvalue weighted by atomic mass is 15.3. The van der Waals surface area contributed by atoms with E-state index in [1.807, 2.05) is 11.7 Å². The summed E-state index contributed by atoms with van der Waals surface area (Å²) in [6.07, 6.45) is 4.74. The summed E-state index contributed by atoms with van der Waals surface area (Å²) < 4.78 is 1.92. The molecule has 0 spiro atoms. The standard InChI is InChI=1S/C13H24N4/c1-10-13(9-16(4)15-10)11(2)17-7-5-6-12(8-17)14-3/h9,11-12,14H,5-8H2,1-4H3. The zero-order valence-corrected chi connectivity index (χ0v) is 11.4. The molecule has 2 unspecified atom stereocenters. The number of likely N-dealkylation sites (tertiary alicyclic amines) is 1. The van der Waals surface area contributed by atoms with Crippen molar-refractivity contribution in [1.82, 2.24) is 20.0 Å². The summed E-state index contributed by atoms with van der Waals surface area (Å²) in [6, 6.07) is 1.11. The number of likely N-dealkylation sites (N-methyl/N-ethyl adjacent to an activating group) is 1. The summed E-state index contributed by atoms with van der Waals surface area (Å²) in [7, 11) is 4.06. The number of rotatable bonds is 3. The number of aryl methyl sites for hydroxylation is 2. The van der Waals surface area contributed by atoms with Gasteiger partial charge in [0.25, 0.3) is 0 Å². The van der Waals surface area contributed by atoms with Crippen molar-refractivity contribution in [3.8, 4) is 0 Å². The third kappa shape index (κ3) is 2.69. The topological polar surface area (TPSA) is 33.1 Å². The summed E-state index contributed by atoms with van der Waals surface area (Å²) in [5.41, 5.74) is 2.52. The van der Waals surface area contributed by atoms with E-state index in [1.54, 1.807) is 0 Å². The lowest BCUT2D eigenvalue weighted by Crippen LogP contribution is -2.45. The van der Waals surface area contributed by atoms with Crippen molar-refractivity contribution in [3.63, 3.8) is 0 Å². The fourth-order valence-corrected chi connectivity index (χ4v) is 2.82. The van der Waals surface area contributed by atoms with Crippen molar-refractivity contribution in [2.45, 2.75) is 38.8 Å². The molecule has 1 aliphatic heterocycles. The molecule has 0 bridgehead atoms. The van der Waals surface area contributed by atoms with E-state index in [1.165, 1.54) is 24.9 Å². The lowest BCUT2D eigenvalue weighted by atomic mass is 10.0. The largest absolute Gasteiger partial charge is 0.316 e. The highest BCUT2D eigenvalue weighted by molar-refractivity contribution is 5.19. The molecule has 1 N–H and O–H groups in total. The summed E-state index contributed by atoms with van der Waals surface area (Å²) in [6.45, 7) is 6.74. The van der Waals surface area contributed by atoms with Crippen LogP contribution in [0.5, 0.6) is 0 Å². The SMILES string of the molecule is CNC1CCCN(C(C)c2cn(C)nc2C)C1. The Hall–Kier alpha value is -0.870. The summed E-state index contributed by atoms with van der Waals surface area (Å²) in [4.78, 5) is 2.56. The van der Waals surface area contributed by atoms with E-state index in [-0.39, 0.29) is 0 Å². The Labute approximate surface area is 104 Å². The van der Waals surface area contributed by atoms with Crippen LogP contribution in [0.15, 0.2) is 6.20 Å². The molecule has 1 saturated heterocycles. The van der Waals surface area contributed by atoms with E-state index >= 15 is 0 Å². The number of hydrogen-bond donors (Lipinski definition) is 1. The molecule has 0 amide bonds. The second kappa shape index (κ2) is 5.19. The average molecular weight is 236 g/mol. The molecule has 17 heavy (non-hydrogen) atoms. The molecule has 4 nitrogen and oxygen atoms in total. The van der Waals surface area contributed by atoms with Crippen molar-refractivity contribution in [3.05, 3.63) is 17.5 Å². The minimum atomic E-state index is 0.472. The highest BCUT2D eigenvalue weighted by Crippen LogP contribution is 2.25. The van der Waals surface area contributed by atoms with Gasteiger partial charge in [-0.15, -0.1) is 0 Å². The Morgan fingerprint density at radius 2 is 2.29 bits per heavy atom. The van der Waals surface area contributed by atoms with E-state index in [0.717, 1.165) is 12.2 Å². The average Bonchev–Trinajstić information content (AvgIpc) is 2.67. The fourth-order valence-electron chi connectivity index (χ4n) is 2.82. The predicted molar refractivity (Wildman–Crippen MR) is 70.0 cm³/mol. The van der Waals surface area contributed by atoms with Crippen molar-refractivity contribution < 1.29 is 0 Å². The Morgan fingerprint density at radius 3 is 2.88 bits per heavy atom. The molecule has 1 aromatic heterocycles. The number of hydrogen-bond acceptors (Lipinski definition) is 3. The van der Waals surface area contributed by atoms with Gasteiger partial charge in [0.2, 0.25) is 0 Å². The van der Waals surface area contributed by atoms with Crippen LogP contribution >= 0.6 is 0 Å². The van der Waals surface area contributed by atoms with Gasteiger partial charge in [0.15, 0.2) is 0 Å².